The summed E-state index contributed by atoms with van der Waals surface area (Å²) in [6, 6.07) is 20.1. The van der Waals surface area contributed by atoms with Crippen LogP contribution in [0.1, 0.15) is 15.4 Å². The molecule has 0 radical (unpaired) electrons. The van der Waals surface area contributed by atoms with Crippen molar-refractivity contribution in [3.8, 4) is 22.6 Å². The Kier molecular flexibility index (Phi) is 5.45. The number of hydrogen-bond acceptors (Lipinski definition) is 5. The number of thiophene rings is 1. The van der Waals surface area contributed by atoms with Gasteiger partial charge in [0.15, 0.2) is 0 Å². The Bertz CT molecular complexity index is 1250. The summed E-state index contributed by atoms with van der Waals surface area (Å²) in [4.78, 5) is 26.6. The molecule has 2 aromatic carbocycles. The van der Waals surface area contributed by atoms with Gasteiger partial charge in [0.05, 0.1) is 23.2 Å². The van der Waals surface area contributed by atoms with Crippen LogP contribution in [0.3, 0.4) is 0 Å². The first kappa shape index (κ1) is 19.6. The van der Waals surface area contributed by atoms with E-state index in [-0.39, 0.29) is 11.3 Å². The zero-order valence-corrected chi connectivity index (χ0v) is 17.3. The molecule has 0 saturated carbocycles. The van der Waals surface area contributed by atoms with E-state index in [9.17, 15) is 9.59 Å². The number of carbonyl (C=O) groups excluding carboxylic acids is 1. The van der Waals surface area contributed by atoms with Crippen LogP contribution in [0.25, 0.3) is 16.8 Å². The Morgan fingerprint density at radius 2 is 1.87 bits per heavy atom. The van der Waals surface area contributed by atoms with Crippen LogP contribution in [0.15, 0.2) is 76.9 Å². The van der Waals surface area contributed by atoms with Crippen molar-refractivity contribution in [1.29, 1.82) is 0 Å². The quantitative estimate of drug-likeness (QED) is 0.518. The van der Waals surface area contributed by atoms with Gasteiger partial charge in [-0.25, -0.2) is 4.68 Å². The Morgan fingerprint density at radius 1 is 1.07 bits per heavy atom. The van der Waals surface area contributed by atoms with Gasteiger partial charge < -0.3 is 10.1 Å². The van der Waals surface area contributed by atoms with Crippen molar-refractivity contribution >= 4 is 23.1 Å². The summed E-state index contributed by atoms with van der Waals surface area (Å²) in [7, 11) is 1.57. The molecular weight excluding hydrogens is 398 g/mol. The molecule has 0 aliphatic rings. The van der Waals surface area contributed by atoms with E-state index >= 15 is 0 Å². The molecule has 1 N–H and O–H groups in total. The number of nitrogens with one attached hydrogen (secondary N) is 1. The molecule has 7 heteroatoms. The predicted molar refractivity (Wildman–Crippen MR) is 119 cm³/mol. The van der Waals surface area contributed by atoms with Crippen LogP contribution >= 0.6 is 11.3 Å². The van der Waals surface area contributed by atoms with Crippen LogP contribution in [0, 0.1) is 6.92 Å². The number of hydrogen-bond donors (Lipinski definition) is 1. The average molecular weight is 417 g/mol. The zero-order valence-electron chi connectivity index (χ0n) is 16.5. The molecule has 0 fully saturated rings. The minimum atomic E-state index is -0.302. The normalized spacial score (nSPS) is 10.6. The van der Waals surface area contributed by atoms with E-state index in [0.29, 0.717) is 33.3 Å². The average Bonchev–Trinajstić information content (AvgIpc) is 3.32. The Balaban J connectivity index is 1.98. The minimum absolute atomic E-state index is 0.253. The van der Waals surface area contributed by atoms with Gasteiger partial charge in [0, 0.05) is 0 Å². The van der Waals surface area contributed by atoms with E-state index in [0.717, 1.165) is 5.69 Å². The lowest BCUT2D eigenvalue weighted by Gasteiger charge is -2.18. The molecule has 4 aromatic rings. The summed E-state index contributed by atoms with van der Waals surface area (Å²) in [5.74, 6) is 0.621. The van der Waals surface area contributed by atoms with Gasteiger partial charge in [-0.3, -0.25) is 9.59 Å². The molecule has 4 rings (SSSR count). The topological polar surface area (TPSA) is 73.2 Å². The van der Waals surface area contributed by atoms with Crippen molar-refractivity contribution in [3.05, 3.63) is 92.9 Å². The van der Waals surface area contributed by atoms with Crippen LogP contribution in [0.2, 0.25) is 0 Å². The van der Waals surface area contributed by atoms with E-state index in [1.54, 1.807) is 49.0 Å². The second kappa shape index (κ2) is 8.34. The number of carbonyl (C=O) groups is 1. The Labute approximate surface area is 177 Å². The van der Waals surface area contributed by atoms with Crippen molar-refractivity contribution in [3.63, 3.8) is 0 Å². The third-order valence-electron chi connectivity index (χ3n) is 4.59. The summed E-state index contributed by atoms with van der Waals surface area (Å²) in [6.07, 6.45) is 0. The van der Waals surface area contributed by atoms with Crippen LogP contribution in [-0.2, 0) is 0 Å². The van der Waals surface area contributed by atoms with Crippen molar-refractivity contribution < 1.29 is 9.53 Å². The molecule has 0 aliphatic carbocycles. The fourth-order valence-corrected chi connectivity index (χ4v) is 3.75. The van der Waals surface area contributed by atoms with Crippen LogP contribution in [0.5, 0.6) is 5.75 Å². The summed E-state index contributed by atoms with van der Waals surface area (Å²) in [5, 5.41) is 9.21. The molecule has 2 heterocycles. The second-order valence-corrected chi connectivity index (χ2v) is 7.50. The van der Waals surface area contributed by atoms with Gasteiger partial charge in [0.25, 0.3) is 5.91 Å². The number of amides is 1. The van der Waals surface area contributed by atoms with Gasteiger partial charge in [-0.2, -0.15) is 5.10 Å². The fourth-order valence-electron chi connectivity index (χ4n) is 3.13. The highest BCUT2D eigenvalue weighted by molar-refractivity contribution is 7.12. The maximum Gasteiger partial charge on any atom is 0.266 e. The largest absolute Gasteiger partial charge is 0.497 e. The number of rotatable bonds is 5. The number of nitrogens with zero attached hydrogens (tertiary/aromatic N) is 2. The smallest absolute Gasteiger partial charge is 0.266 e. The number of anilines is 1. The molecule has 0 bridgehead atoms. The SMILES string of the molecule is COc1cccc(-c2c(NC(=O)c3cccs3)n(-c3ccccc3)nc(C)c2=O)c1. The second-order valence-electron chi connectivity index (χ2n) is 6.55. The molecule has 0 unspecified atom stereocenters. The lowest BCUT2D eigenvalue weighted by molar-refractivity contribution is 0.102. The molecular formula is C23H19N3O3S. The first-order valence-electron chi connectivity index (χ1n) is 9.27. The molecule has 0 atom stereocenters. The van der Waals surface area contributed by atoms with Gasteiger partial charge in [0.2, 0.25) is 5.43 Å². The van der Waals surface area contributed by atoms with E-state index in [1.807, 2.05) is 41.8 Å². The highest BCUT2D eigenvalue weighted by Crippen LogP contribution is 2.30. The Hall–Kier alpha value is -3.71. The number of ether oxygens (including phenoxy) is 1. The zero-order chi connectivity index (χ0) is 21.1. The standard InChI is InChI=1S/C23H19N3O3S/c1-15-21(27)20(16-8-6-11-18(14-16)29-2)22(24-23(28)19-12-7-13-30-19)26(25-15)17-9-4-3-5-10-17/h3-14H,1-2H3,(H,24,28). The van der Waals surface area contributed by atoms with Crippen LogP contribution in [0.4, 0.5) is 5.82 Å². The summed E-state index contributed by atoms with van der Waals surface area (Å²) in [5.41, 5.74) is 1.79. The third-order valence-corrected chi connectivity index (χ3v) is 5.46. The molecule has 1 amide bonds. The molecule has 30 heavy (non-hydrogen) atoms. The van der Waals surface area contributed by atoms with Gasteiger partial charge in [0.1, 0.15) is 17.3 Å². The molecule has 0 aliphatic heterocycles. The highest BCUT2D eigenvalue weighted by atomic mass is 32.1. The summed E-state index contributed by atoms with van der Waals surface area (Å²) < 4.78 is 6.93. The maximum atomic E-state index is 13.2. The number of aromatic nitrogens is 2. The summed E-state index contributed by atoms with van der Waals surface area (Å²) in [6.45, 7) is 1.66. The maximum absolute atomic E-state index is 13.2. The van der Waals surface area contributed by atoms with Crippen molar-refractivity contribution in [2.45, 2.75) is 6.92 Å². The minimum Gasteiger partial charge on any atom is -0.497 e. The number of benzene rings is 2. The highest BCUT2D eigenvalue weighted by Gasteiger charge is 2.21. The number of para-hydroxylation sites is 1. The van der Waals surface area contributed by atoms with Gasteiger partial charge in [-0.15, -0.1) is 11.3 Å². The van der Waals surface area contributed by atoms with E-state index in [4.69, 9.17) is 4.74 Å². The Morgan fingerprint density at radius 3 is 2.57 bits per heavy atom. The van der Waals surface area contributed by atoms with E-state index in [1.165, 1.54) is 11.3 Å². The van der Waals surface area contributed by atoms with Crippen molar-refractivity contribution in [2.75, 3.05) is 12.4 Å². The third kappa shape index (κ3) is 3.75. The van der Waals surface area contributed by atoms with Gasteiger partial charge >= 0.3 is 0 Å². The lowest BCUT2D eigenvalue weighted by Crippen LogP contribution is -2.24. The molecule has 6 nitrogen and oxygen atoms in total. The van der Waals surface area contributed by atoms with E-state index < -0.39 is 0 Å². The molecule has 0 saturated heterocycles. The monoisotopic (exact) mass is 417 g/mol. The number of aryl methyl sites for hydroxylation is 1. The van der Waals surface area contributed by atoms with Crippen molar-refractivity contribution in [1.82, 2.24) is 9.78 Å². The molecule has 0 spiro atoms. The van der Waals surface area contributed by atoms with Gasteiger partial charge in [-0.1, -0.05) is 36.4 Å². The van der Waals surface area contributed by atoms with Crippen LogP contribution < -0.4 is 15.5 Å². The summed E-state index contributed by atoms with van der Waals surface area (Å²) >= 11 is 1.33. The fraction of sp³-hybridized carbons (Fsp3) is 0.0870. The molecule has 150 valence electrons. The van der Waals surface area contributed by atoms with Crippen molar-refractivity contribution in [2.24, 2.45) is 0 Å². The van der Waals surface area contributed by atoms with Gasteiger partial charge in [-0.05, 0) is 48.2 Å². The first-order chi connectivity index (χ1) is 14.6. The first-order valence-corrected chi connectivity index (χ1v) is 10.1. The number of methoxy groups -OCH3 is 1. The molecule has 2 aromatic heterocycles. The predicted octanol–water partition coefficient (Wildman–Crippen LogP) is 4.53. The van der Waals surface area contributed by atoms with Crippen LogP contribution in [-0.4, -0.2) is 22.8 Å². The van der Waals surface area contributed by atoms with E-state index in [2.05, 4.69) is 10.4 Å². The lowest BCUT2D eigenvalue weighted by atomic mass is 10.0.